The van der Waals surface area contributed by atoms with Gasteiger partial charge < -0.3 is 15.4 Å². The van der Waals surface area contributed by atoms with Crippen molar-refractivity contribution in [2.75, 3.05) is 19.7 Å². The van der Waals surface area contributed by atoms with Crippen LogP contribution in [0, 0.1) is 5.92 Å². The quantitative estimate of drug-likeness (QED) is 0.341. The molecule has 1 aliphatic rings. The Hall–Kier alpha value is -1.31. The van der Waals surface area contributed by atoms with Gasteiger partial charge in [-0.15, -0.1) is 24.0 Å². The van der Waals surface area contributed by atoms with E-state index >= 15 is 0 Å². The van der Waals surface area contributed by atoms with E-state index < -0.39 is 0 Å². The summed E-state index contributed by atoms with van der Waals surface area (Å²) in [7, 11) is 0. The van der Waals surface area contributed by atoms with E-state index in [0.29, 0.717) is 12.5 Å². The molecule has 2 aromatic carbocycles. The molecule has 2 N–H and O–H groups in total. The molecule has 2 unspecified atom stereocenters. The van der Waals surface area contributed by atoms with Crippen LogP contribution in [0.25, 0.3) is 0 Å². The molecule has 2 aromatic rings. The zero-order valence-electron chi connectivity index (χ0n) is 15.5. The number of aliphatic imine (C=N–C) groups is 1. The van der Waals surface area contributed by atoms with Gasteiger partial charge in [0.15, 0.2) is 5.96 Å². The van der Waals surface area contributed by atoms with E-state index in [-0.39, 0.29) is 30.1 Å². The number of benzene rings is 2. The summed E-state index contributed by atoms with van der Waals surface area (Å²) in [4.78, 5) is 4.67. The number of nitrogens with zero attached hydrogens (tertiary/aromatic N) is 1. The van der Waals surface area contributed by atoms with Crippen LogP contribution in [0.3, 0.4) is 0 Å². The first-order valence-electron chi connectivity index (χ1n) is 9.20. The maximum Gasteiger partial charge on any atom is 0.191 e. The smallest absolute Gasteiger partial charge is 0.191 e. The van der Waals surface area contributed by atoms with Crippen molar-refractivity contribution in [1.82, 2.24) is 10.6 Å². The summed E-state index contributed by atoms with van der Waals surface area (Å²) >= 11 is 6.23. The number of guanidine groups is 1. The van der Waals surface area contributed by atoms with Gasteiger partial charge in [0.25, 0.3) is 0 Å². The molecule has 0 bridgehead atoms. The third-order valence-electron chi connectivity index (χ3n) is 4.58. The van der Waals surface area contributed by atoms with Crippen molar-refractivity contribution in [2.45, 2.75) is 26.0 Å². The van der Waals surface area contributed by atoms with Gasteiger partial charge in [0.1, 0.15) is 0 Å². The van der Waals surface area contributed by atoms with Gasteiger partial charge in [0.2, 0.25) is 0 Å². The van der Waals surface area contributed by atoms with E-state index in [1.165, 1.54) is 5.56 Å². The van der Waals surface area contributed by atoms with Gasteiger partial charge in [-0.3, -0.25) is 0 Å². The first kappa shape index (κ1) is 22.0. The molecule has 6 heteroatoms. The van der Waals surface area contributed by atoms with E-state index in [1.54, 1.807) is 0 Å². The van der Waals surface area contributed by atoms with Crippen LogP contribution < -0.4 is 10.6 Å². The molecule has 1 heterocycles. The Labute approximate surface area is 183 Å². The van der Waals surface area contributed by atoms with Crippen molar-refractivity contribution in [3.05, 3.63) is 70.7 Å². The molecule has 0 aliphatic carbocycles. The Morgan fingerprint density at radius 3 is 2.59 bits per heavy atom. The Morgan fingerprint density at radius 1 is 1.11 bits per heavy atom. The highest BCUT2D eigenvalue weighted by Gasteiger charge is 2.29. The highest BCUT2D eigenvalue weighted by molar-refractivity contribution is 14.0. The lowest BCUT2D eigenvalue weighted by atomic mass is 9.95. The third kappa shape index (κ3) is 6.36. The Morgan fingerprint density at radius 2 is 1.85 bits per heavy atom. The van der Waals surface area contributed by atoms with Crippen molar-refractivity contribution in [2.24, 2.45) is 10.9 Å². The Kier molecular flexibility index (Phi) is 9.38. The van der Waals surface area contributed by atoms with E-state index in [4.69, 9.17) is 16.3 Å². The predicted octanol–water partition coefficient (Wildman–Crippen LogP) is 4.79. The number of halogens is 2. The molecule has 0 aromatic heterocycles. The first-order chi connectivity index (χ1) is 12.8. The van der Waals surface area contributed by atoms with Crippen LogP contribution in [-0.4, -0.2) is 25.7 Å². The molecule has 0 amide bonds. The summed E-state index contributed by atoms with van der Waals surface area (Å²) in [5.74, 6) is 1.24. The Bertz CT molecular complexity index is 726. The molecule has 0 spiro atoms. The number of nitrogens with one attached hydrogen (secondary N) is 2. The van der Waals surface area contributed by atoms with Gasteiger partial charge in [-0.05, 0) is 30.5 Å². The molecule has 3 rings (SSSR count). The van der Waals surface area contributed by atoms with Crippen molar-refractivity contribution in [3.63, 3.8) is 0 Å². The van der Waals surface area contributed by atoms with E-state index in [0.717, 1.165) is 42.7 Å². The van der Waals surface area contributed by atoms with Crippen LogP contribution in [-0.2, 0) is 11.3 Å². The summed E-state index contributed by atoms with van der Waals surface area (Å²) in [5, 5.41) is 7.52. The minimum Gasteiger partial charge on any atom is -0.373 e. The molecule has 27 heavy (non-hydrogen) atoms. The van der Waals surface area contributed by atoms with Crippen LogP contribution in [0.1, 0.15) is 30.6 Å². The second-order valence-corrected chi connectivity index (χ2v) is 6.83. The van der Waals surface area contributed by atoms with Crippen LogP contribution in [0.5, 0.6) is 0 Å². The molecular weight excluding hydrogens is 473 g/mol. The first-order valence-corrected chi connectivity index (χ1v) is 9.58. The highest BCUT2D eigenvalue weighted by atomic mass is 127. The lowest BCUT2D eigenvalue weighted by Gasteiger charge is -2.21. The maximum absolute atomic E-state index is 6.23. The summed E-state index contributed by atoms with van der Waals surface area (Å²) < 4.78 is 5.97. The highest BCUT2D eigenvalue weighted by Crippen LogP contribution is 2.33. The van der Waals surface area contributed by atoms with Crippen molar-refractivity contribution >= 4 is 41.5 Å². The van der Waals surface area contributed by atoms with E-state index in [1.807, 2.05) is 30.3 Å². The van der Waals surface area contributed by atoms with Gasteiger partial charge in [0.05, 0.1) is 12.6 Å². The zero-order chi connectivity index (χ0) is 18.2. The monoisotopic (exact) mass is 499 g/mol. The molecule has 0 radical (unpaired) electrons. The summed E-state index contributed by atoms with van der Waals surface area (Å²) in [6.45, 7) is 5.07. The molecule has 4 nitrogen and oxygen atoms in total. The topological polar surface area (TPSA) is 45.7 Å². The molecule has 1 saturated heterocycles. The largest absolute Gasteiger partial charge is 0.373 e. The fraction of sp³-hybridized carbons (Fsp3) is 0.381. The zero-order valence-corrected chi connectivity index (χ0v) is 18.6. The van der Waals surface area contributed by atoms with Gasteiger partial charge in [-0.2, -0.15) is 0 Å². The van der Waals surface area contributed by atoms with E-state index in [9.17, 15) is 0 Å². The van der Waals surface area contributed by atoms with Crippen molar-refractivity contribution < 1.29 is 4.74 Å². The molecule has 1 aliphatic heterocycles. The number of hydrogen-bond donors (Lipinski definition) is 2. The average molecular weight is 500 g/mol. The molecule has 146 valence electrons. The van der Waals surface area contributed by atoms with Crippen LogP contribution in [0.2, 0.25) is 5.02 Å². The summed E-state index contributed by atoms with van der Waals surface area (Å²) in [6.07, 6.45) is 1.20. The number of rotatable bonds is 6. The number of ether oxygens (including phenoxy) is 1. The molecule has 1 fully saturated rings. The lowest BCUT2D eigenvalue weighted by molar-refractivity contribution is 0.0915. The van der Waals surface area contributed by atoms with Crippen LogP contribution in [0.15, 0.2) is 59.6 Å². The number of hydrogen-bond acceptors (Lipinski definition) is 2. The van der Waals surface area contributed by atoms with Crippen LogP contribution >= 0.6 is 35.6 Å². The second kappa shape index (κ2) is 11.5. The SMILES string of the molecule is CCNC(=NCc1ccccc1Cl)NCC1CCOC1c1ccccc1.I. The van der Waals surface area contributed by atoms with Gasteiger partial charge in [-0.25, -0.2) is 4.99 Å². The van der Waals surface area contributed by atoms with Crippen molar-refractivity contribution in [1.29, 1.82) is 0 Å². The second-order valence-electron chi connectivity index (χ2n) is 6.42. The van der Waals surface area contributed by atoms with Gasteiger partial charge in [0, 0.05) is 30.6 Å². The normalized spacial score (nSPS) is 19.4. The lowest BCUT2D eigenvalue weighted by Crippen LogP contribution is -2.40. The summed E-state index contributed by atoms with van der Waals surface area (Å²) in [5.41, 5.74) is 2.27. The average Bonchev–Trinajstić information content (AvgIpc) is 3.14. The standard InChI is InChI=1S/C21H26ClN3O.HI/c1-2-23-21(24-14-17-10-6-7-11-19(17)22)25-15-18-12-13-26-20(18)16-8-4-3-5-9-16;/h3-11,18,20H,2,12-15H2,1H3,(H2,23,24,25);1H. The van der Waals surface area contributed by atoms with Gasteiger partial charge >= 0.3 is 0 Å². The minimum atomic E-state index is 0. The fourth-order valence-corrected chi connectivity index (χ4v) is 3.41. The maximum atomic E-state index is 6.23. The fourth-order valence-electron chi connectivity index (χ4n) is 3.21. The summed E-state index contributed by atoms with van der Waals surface area (Å²) in [6, 6.07) is 18.3. The van der Waals surface area contributed by atoms with Crippen LogP contribution in [0.4, 0.5) is 0 Å². The third-order valence-corrected chi connectivity index (χ3v) is 4.95. The predicted molar refractivity (Wildman–Crippen MR) is 123 cm³/mol. The van der Waals surface area contributed by atoms with Crippen molar-refractivity contribution in [3.8, 4) is 0 Å². The molecule has 2 atom stereocenters. The molecule has 0 saturated carbocycles. The Balaban J connectivity index is 0.00000261. The molecular formula is C21H27ClIN3O. The van der Waals surface area contributed by atoms with Gasteiger partial charge in [-0.1, -0.05) is 60.1 Å². The van der Waals surface area contributed by atoms with E-state index in [2.05, 4.69) is 46.8 Å². The minimum absolute atomic E-state index is 0.